The van der Waals surface area contributed by atoms with Crippen LogP contribution in [-0.4, -0.2) is 21.2 Å². The molecule has 0 unspecified atom stereocenters. The molecule has 4 heteroatoms. The average Bonchev–Trinajstić information content (AvgIpc) is 2.36. The zero-order valence-electron chi connectivity index (χ0n) is 6.57. The number of hydrogen-bond donors (Lipinski definition) is 2. The molecule has 3 N–H and O–H groups in total. The summed E-state index contributed by atoms with van der Waals surface area (Å²) in [5.74, 6) is 0.676. The van der Waals surface area contributed by atoms with Gasteiger partial charge in [0.2, 0.25) is 0 Å². The third kappa shape index (κ3) is 1.78. The molecule has 1 aromatic heterocycles. The van der Waals surface area contributed by atoms with Crippen LogP contribution in [0.5, 0.6) is 0 Å². The first-order valence-electron chi connectivity index (χ1n) is 3.61. The number of aliphatic hydroxyl groups excluding tert-OH is 1. The normalized spacial score (nSPS) is 13.4. The van der Waals surface area contributed by atoms with E-state index in [2.05, 4.69) is 4.98 Å². The van der Waals surface area contributed by atoms with Gasteiger partial charge in [-0.3, -0.25) is 0 Å². The summed E-state index contributed by atoms with van der Waals surface area (Å²) in [6, 6.07) is 0. The van der Waals surface area contributed by atoms with E-state index < -0.39 is 6.10 Å². The minimum absolute atomic E-state index is 0.480. The van der Waals surface area contributed by atoms with Gasteiger partial charge in [0, 0.05) is 19.4 Å². The van der Waals surface area contributed by atoms with Crippen molar-refractivity contribution in [3.05, 3.63) is 18.2 Å². The fourth-order valence-electron chi connectivity index (χ4n) is 0.985. The smallest absolute Gasteiger partial charge is 0.137 e. The van der Waals surface area contributed by atoms with Crippen molar-refractivity contribution in [2.45, 2.75) is 12.5 Å². The second-order valence-corrected chi connectivity index (χ2v) is 2.49. The van der Waals surface area contributed by atoms with Crippen LogP contribution in [0.2, 0.25) is 0 Å². The Labute approximate surface area is 65.7 Å². The summed E-state index contributed by atoms with van der Waals surface area (Å²) in [5.41, 5.74) is 5.29. The number of aromatic nitrogens is 2. The Morgan fingerprint density at radius 2 is 2.55 bits per heavy atom. The van der Waals surface area contributed by atoms with Gasteiger partial charge in [-0.25, -0.2) is 4.98 Å². The molecule has 0 spiro atoms. The number of imidazole rings is 1. The predicted molar refractivity (Wildman–Crippen MR) is 41.8 cm³/mol. The molecule has 0 amide bonds. The monoisotopic (exact) mass is 155 g/mol. The largest absolute Gasteiger partial charge is 0.385 e. The molecular weight excluding hydrogens is 142 g/mol. The zero-order valence-corrected chi connectivity index (χ0v) is 6.57. The molecule has 0 aliphatic rings. The van der Waals surface area contributed by atoms with Crippen molar-refractivity contribution < 1.29 is 5.11 Å². The lowest BCUT2D eigenvalue weighted by Crippen LogP contribution is -2.10. The maximum atomic E-state index is 9.43. The SMILES string of the molecule is Cn1ccnc1[C@@H](O)CCN. The van der Waals surface area contributed by atoms with Crippen LogP contribution < -0.4 is 5.73 Å². The maximum absolute atomic E-state index is 9.43. The van der Waals surface area contributed by atoms with E-state index >= 15 is 0 Å². The standard InChI is InChI=1S/C7H13N3O/c1-10-5-4-9-7(10)6(11)2-3-8/h4-6,11H,2-3,8H2,1H3/t6-/m0/s1. The van der Waals surface area contributed by atoms with Crippen molar-refractivity contribution in [2.75, 3.05) is 6.54 Å². The van der Waals surface area contributed by atoms with E-state index in [0.29, 0.717) is 18.8 Å². The molecule has 0 bridgehead atoms. The maximum Gasteiger partial charge on any atom is 0.137 e. The van der Waals surface area contributed by atoms with Gasteiger partial charge in [0.15, 0.2) is 0 Å². The summed E-state index contributed by atoms with van der Waals surface area (Å²) in [6.45, 7) is 0.480. The van der Waals surface area contributed by atoms with Crippen LogP contribution in [0.4, 0.5) is 0 Å². The van der Waals surface area contributed by atoms with Gasteiger partial charge >= 0.3 is 0 Å². The molecule has 0 saturated heterocycles. The summed E-state index contributed by atoms with van der Waals surface area (Å²) in [4.78, 5) is 3.99. The van der Waals surface area contributed by atoms with Crippen LogP contribution in [0.3, 0.4) is 0 Å². The molecule has 0 aliphatic carbocycles. The van der Waals surface area contributed by atoms with Gasteiger partial charge in [-0.1, -0.05) is 0 Å². The number of nitrogens with two attached hydrogens (primary N) is 1. The molecular formula is C7H13N3O. The summed E-state index contributed by atoms with van der Waals surface area (Å²) in [7, 11) is 1.85. The highest BCUT2D eigenvalue weighted by Crippen LogP contribution is 2.11. The first-order valence-corrected chi connectivity index (χ1v) is 3.61. The first-order chi connectivity index (χ1) is 5.25. The number of hydrogen-bond acceptors (Lipinski definition) is 3. The number of aliphatic hydroxyl groups is 1. The van der Waals surface area contributed by atoms with E-state index in [4.69, 9.17) is 5.73 Å². The van der Waals surface area contributed by atoms with Crippen LogP contribution in [0.1, 0.15) is 18.3 Å². The first kappa shape index (κ1) is 8.23. The van der Waals surface area contributed by atoms with Gasteiger partial charge in [-0.15, -0.1) is 0 Å². The Hall–Kier alpha value is -0.870. The lowest BCUT2D eigenvalue weighted by molar-refractivity contribution is 0.157. The molecule has 11 heavy (non-hydrogen) atoms. The van der Waals surface area contributed by atoms with Gasteiger partial charge < -0.3 is 15.4 Å². The summed E-state index contributed by atoms with van der Waals surface area (Å²) in [5, 5.41) is 9.43. The van der Waals surface area contributed by atoms with Gasteiger partial charge in [0.05, 0.1) is 0 Å². The van der Waals surface area contributed by atoms with Crippen molar-refractivity contribution >= 4 is 0 Å². The van der Waals surface area contributed by atoms with Crippen LogP contribution in [-0.2, 0) is 7.05 Å². The van der Waals surface area contributed by atoms with Crippen molar-refractivity contribution in [2.24, 2.45) is 12.8 Å². The molecule has 0 aromatic carbocycles. The Bertz CT molecular complexity index is 221. The highest BCUT2D eigenvalue weighted by molar-refractivity contribution is 4.95. The van der Waals surface area contributed by atoms with E-state index in [1.165, 1.54) is 0 Å². The third-order valence-electron chi connectivity index (χ3n) is 1.60. The van der Waals surface area contributed by atoms with Crippen molar-refractivity contribution in [1.29, 1.82) is 0 Å². The van der Waals surface area contributed by atoms with E-state index in [1.807, 2.05) is 7.05 Å². The molecule has 0 aliphatic heterocycles. The van der Waals surface area contributed by atoms with Gasteiger partial charge in [-0.05, 0) is 13.0 Å². The van der Waals surface area contributed by atoms with Crippen molar-refractivity contribution in [1.82, 2.24) is 9.55 Å². The van der Waals surface area contributed by atoms with Crippen LogP contribution in [0, 0.1) is 0 Å². The highest BCUT2D eigenvalue weighted by atomic mass is 16.3. The van der Waals surface area contributed by atoms with E-state index in [1.54, 1.807) is 17.0 Å². The Morgan fingerprint density at radius 3 is 3.00 bits per heavy atom. The summed E-state index contributed by atoms with van der Waals surface area (Å²) >= 11 is 0. The molecule has 1 rings (SSSR count). The number of aryl methyl sites for hydroxylation is 1. The van der Waals surface area contributed by atoms with E-state index in [9.17, 15) is 5.11 Å². The zero-order chi connectivity index (χ0) is 8.27. The molecule has 0 radical (unpaired) electrons. The van der Waals surface area contributed by atoms with E-state index in [-0.39, 0.29) is 0 Å². The highest BCUT2D eigenvalue weighted by Gasteiger charge is 2.09. The molecule has 0 saturated carbocycles. The van der Waals surface area contributed by atoms with E-state index in [0.717, 1.165) is 0 Å². The number of nitrogens with zero attached hydrogens (tertiary/aromatic N) is 2. The topological polar surface area (TPSA) is 64.1 Å². The van der Waals surface area contributed by atoms with Gasteiger partial charge in [0.1, 0.15) is 11.9 Å². The van der Waals surface area contributed by atoms with Crippen LogP contribution in [0.25, 0.3) is 0 Å². The van der Waals surface area contributed by atoms with Gasteiger partial charge in [-0.2, -0.15) is 0 Å². The number of rotatable bonds is 3. The second-order valence-electron chi connectivity index (χ2n) is 2.49. The quantitative estimate of drug-likeness (QED) is 0.635. The summed E-state index contributed by atoms with van der Waals surface area (Å²) in [6.07, 6.45) is 3.50. The molecule has 1 atom stereocenters. The van der Waals surface area contributed by atoms with Crippen LogP contribution in [0.15, 0.2) is 12.4 Å². The molecule has 4 nitrogen and oxygen atoms in total. The molecule has 62 valence electrons. The van der Waals surface area contributed by atoms with Crippen LogP contribution >= 0.6 is 0 Å². The Morgan fingerprint density at radius 1 is 1.82 bits per heavy atom. The Balaban J connectivity index is 2.67. The minimum Gasteiger partial charge on any atom is -0.385 e. The Kier molecular flexibility index (Phi) is 2.62. The van der Waals surface area contributed by atoms with Crippen molar-refractivity contribution in [3.63, 3.8) is 0 Å². The predicted octanol–water partition coefficient (Wildman–Crippen LogP) is -0.198. The lowest BCUT2D eigenvalue weighted by Gasteiger charge is -2.07. The minimum atomic E-state index is -0.528. The average molecular weight is 155 g/mol. The molecule has 1 heterocycles. The molecule has 1 aromatic rings. The lowest BCUT2D eigenvalue weighted by atomic mass is 10.2. The fourth-order valence-corrected chi connectivity index (χ4v) is 0.985. The van der Waals surface area contributed by atoms with Crippen molar-refractivity contribution in [3.8, 4) is 0 Å². The molecule has 0 fully saturated rings. The third-order valence-corrected chi connectivity index (χ3v) is 1.60. The van der Waals surface area contributed by atoms with Gasteiger partial charge in [0.25, 0.3) is 0 Å². The fraction of sp³-hybridized carbons (Fsp3) is 0.571. The second kappa shape index (κ2) is 3.50. The summed E-state index contributed by atoms with van der Waals surface area (Å²) < 4.78 is 1.79.